The second kappa shape index (κ2) is 10.5. The SMILES string of the molecule is Nc1ccc(CNC(=O)[C@H](Cc2cccc3ccccc23)NC(=O)Cc2ccccc2O)cn1. The molecule has 0 spiro atoms. The molecule has 0 fully saturated rings. The fourth-order valence-corrected chi connectivity index (χ4v) is 3.83. The molecule has 172 valence electrons. The van der Waals surface area contributed by atoms with Crippen molar-refractivity contribution >= 4 is 28.4 Å². The van der Waals surface area contributed by atoms with E-state index in [1.54, 1.807) is 36.5 Å². The highest BCUT2D eigenvalue weighted by Gasteiger charge is 2.22. The maximum Gasteiger partial charge on any atom is 0.243 e. The number of fused-ring (bicyclic) bond motifs is 1. The van der Waals surface area contributed by atoms with Gasteiger partial charge in [-0.3, -0.25) is 9.59 Å². The van der Waals surface area contributed by atoms with Crippen LogP contribution in [0.4, 0.5) is 5.82 Å². The highest BCUT2D eigenvalue weighted by atomic mass is 16.3. The minimum Gasteiger partial charge on any atom is -0.508 e. The Morgan fingerprint density at radius 1 is 0.912 bits per heavy atom. The molecule has 2 amide bonds. The molecule has 4 aromatic rings. The van der Waals surface area contributed by atoms with Crippen LogP contribution in [0, 0.1) is 0 Å². The lowest BCUT2D eigenvalue weighted by Gasteiger charge is -2.20. The zero-order valence-electron chi connectivity index (χ0n) is 18.6. The van der Waals surface area contributed by atoms with Crippen molar-refractivity contribution in [1.29, 1.82) is 0 Å². The van der Waals surface area contributed by atoms with Gasteiger partial charge in [0.1, 0.15) is 17.6 Å². The van der Waals surface area contributed by atoms with Gasteiger partial charge in [0.05, 0.1) is 6.42 Å². The van der Waals surface area contributed by atoms with Gasteiger partial charge in [0.25, 0.3) is 0 Å². The van der Waals surface area contributed by atoms with Crippen molar-refractivity contribution < 1.29 is 14.7 Å². The summed E-state index contributed by atoms with van der Waals surface area (Å²) >= 11 is 0. The molecule has 3 aromatic carbocycles. The number of nitrogens with one attached hydrogen (secondary N) is 2. The van der Waals surface area contributed by atoms with E-state index in [-0.39, 0.29) is 30.5 Å². The third kappa shape index (κ3) is 5.69. The van der Waals surface area contributed by atoms with Crippen molar-refractivity contribution in [2.24, 2.45) is 0 Å². The van der Waals surface area contributed by atoms with Gasteiger partial charge in [0, 0.05) is 24.7 Å². The van der Waals surface area contributed by atoms with Gasteiger partial charge in [-0.05, 0) is 34.0 Å². The van der Waals surface area contributed by atoms with Crippen molar-refractivity contribution in [1.82, 2.24) is 15.6 Å². The molecule has 4 rings (SSSR count). The first-order valence-electron chi connectivity index (χ1n) is 11.0. The van der Waals surface area contributed by atoms with Crippen molar-refractivity contribution in [2.75, 3.05) is 5.73 Å². The molecular weight excluding hydrogens is 428 g/mol. The van der Waals surface area contributed by atoms with Crippen LogP contribution < -0.4 is 16.4 Å². The summed E-state index contributed by atoms with van der Waals surface area (Å²) in [6, 6.07) is 23.2. The van der Waals surface area contributed by atoms with E-state index in [1.807, 2.05) is 42.5 Å². The Kier molecular flexibility index (Phi) is 7.03. The van der Waals surface area contributed by atoms with Gasteiger partial charge >= 0.3 is 0 Å². The summed E-state index contributed by atoms with van der Waals surface area (Å²) in [6.07, 6.45) is 1.89. The predicted octanol–water partition coefficient (Wildman–Crippen LogP) is 3.11. The minimum absolute atomic E-state index is 0.0339. The highest BCUT2D eigenvalue weighted by Crippen LogP contribution is 2.20. The lowest BCUT2D eigenvalue weighted by Crippen LogP contribution is -2.48. The van der Waals surface area contributed by atoms with E-state index in [2.05, 4.69) is 15.6 Å². The van der Waals surface area contributed by atoms with E-state index in [0.29, 0.717) is 17.8 Å². The zero-order valence-corrected chi connectivity index (χ0v) is 18.6. The number of benzene rings is 3. The average Bonchev–Trinajstić information content (AvgIpc) is 2.85. The number of phenolic OH excluding ortho intramolecular Hbond substituents is 1. The molecule has 1 atom stereocenters. The highest BCUT2D eigenvalue weighted by molar-refractivity contribution is 5.90. The first-order valence-corrected chi connectivity index (χ1v) is 11.0. The minimum atomic E-state index is -0.800. The molecule has 0 bridgehead atoms. The molecule has 0 saturated heterocycles. The Labute approximate surface area is 197 Å². The second-order valence-corrected chi connectivity index (χ2v) is 8.08. The monoisotopic (exact) mass is 454 g/mol. The lowest BCUT2D eigenvalue weighted by molar-refractivity contribution is -0.128. The number of carbonyl (C=O) groups excluding carboxylic acids is 2. The average molecular weight is 455 g/mol. The van der Waals surface area contributed by atoms with Crippen LogP contribution in [0.1, 0.15) is 16.7 Å². The van der Waals surface area contributed by atoms with Crippen molar-refractivity contribution in [3.8, 4) is 5.75 Å². The molecule has 0 radical (unpaired) electrons. The van der Waals surface area contributed by atoms with E-state index in [4.69, 9.17) is 5.73 Å². The van der Waals surface area contributed by atoms with Crippen molar-refractivity contribution in [3.63, 3.8) is 0 Å². The van der Waals surface area contributed by atoms with E-state index in [1.165, 1.54) is 6.07 Å². The number of carbonyl (C=O) groups is 2. The number of rotatable bonds is 8. The van der Waals surface area contributed by atoms with Crippen LogP contribution in [0.2, 0.25) is 0 Å². The van der Waals surface area contributed by atoms with E-state index >= 15 is 0 Å². The van der Waals surface area contributed by atoms with Crippen LogP contribution in [-0.2, 0) is 29.0 Å². The molecule has 0 aliphatic rings. The quantitative estimate of drug-likeness (QED) is 0.326. The standard InChI is InChI=1S/C27H26N4O3/c28-25-13-12-18(16-29-25)17-30-27(34)23(31-26(33)15-21-7-2-4-11-24(21)32)14-20-9-5-8-19-6-1-3-10-22(19)20/h1-13,16,23,32H,14-15,17H2,(H2,28,29)(H,30,34)(H,31,33)/t23-/m0/s1. The summed E-state index contributed by atoms with van der Waals surface area (Å²) < 4.78 is 0. The molecule has 0 aliphatic heterocycles. The van der Waals surface area contributed by atoms with E-state index in [0.717, 1.165) is 21.9 Å². The Morgan fingerprint density at radius 2 is 1.65 bits per heavy atom. The number of hydrogen-bond acceptors (Lipinski definition) is 5. The third-order valence-electron chi connectivity index (χ3n) is 5.61. The van der Waals surface area contributed by atoms with E-state index in [9.17, 15) is 14.7 Å². The Morgan fingerprint density at radius 3 is 2.44 bits per heavy atom. The van der Waals surface area contributed by atoms with Crippen molar-refractivity contribution in [2.45, 2.75) is 25.4 Å². The molecule has 7 nitrogen and oxygen atoms in total. The Balaban J connectivity index is 1.53. The summed E-state index contributed by atoms with van der Waals surface area (Å²) in [5.41, 5.74) is 7.88. The molecule has 1 aromatic heterocycles. The van der Waals surface area contributed by atoms with Crippen LogP contribution in [0.25, 0.3) is 10.8 Å². The van der Waals surface area contributed by atoms with Gasteiger partial charge in [-0.1, -0.05) is 66.7 Å². The first kappa shape index (κ1) is 22.8. The van der Waals surface area contributed by atoms with Crippen LogP contribution in [0.15, 0.2) is 85.1 Å². The molecule has 0 unspecified atom stereocenters. The number of nitrogen functional groups attached to an aromatic ring is 1. The number of para-hydroxylation sites is 1. The summed E-state index contributed by atoms with van der Waals surface area (Å²) in [6.45, 7) is 0.257. The summed E-state index contributed by atoms with van der Waals surface area (Å²) in [7, 11) is 0. The van der Waals surface area contributed by atoms with Crippen molar-refractivity contribution in [3.05, 3.63) is 102 Å². The van der Waals surface area contributed by atoms with Crippen LogP contribution in [0.3, 0.4) is 0 Å². The van der Waals surface area contributed by atoms with Gasteiger partial charge in [-0.15, -0.1) is 0 Å². The van der Waals surface area contributed by atoms with Gasteiger partial charge in [0.2, 0.25) is 11.8 Å². The summed E-state index contributed by atoms with van der Waals surface area (Å²) in [5, 5.41) is 17.8. The normalized spacial score (nSPS) is 11.6. The first-order chi connectivity index (χ1) is 16.5. The molecule has 1 heterocycles. The van der Waals surface area contributed by atoms with Crippen LogP contribution >= 0.6 is 0 Å². The maximum atomic E-state index is 13.2. The second-order valence-electron chi connectivity index (χ2n) is 8.08. The molecule has 0 aliphatic carbocycles. The van der Waals surface area contributed by atoms with Gasteiger partial charge in [-0.2, -0.15) is 0 Å². The number of hydrogen-bond donors (Lipinski definition) is 4. The number of nitrogens with zero attached hydrogens (tertiary/aromatic N) is 1. The van der Waals surface area contributed by atoms with Gasteiger partial charge in [0.15, 0.2) is 0 Å². The molecule has 0 saturated carbocycles. The summed E-state index contributed by atoms with van der Waals surface area (Å²) in [4.78, 5) is 30.0. The molecule has 34 heavy (non-hydrogen) atoms. The maximum absolute atomic E-state index is 13.2. The zero-order chi connectivity index (χ0) is 23.9. The number of phenols is 1. The summed E-state index contributed by atoms with van der Waals surface area (Å²) in [5.74, 6) is -0.213. The predicted molar refractivity (Wildman–Crippen MR) is 132 cm³/mol. The molecular formula is C27H26N4O3. The van der Waals surface area contributed by atoms with Crippen LogP contribution in [-0.4, -0.2) is 27.9 Å². The molecule has 5 N–H and O–H groups in total. The fraction of sp³-hybridized carbons (Fsp3) is 0.148. The number of pyridine rings is 1. The number of aromatic hydroxyl groups is 1. The van der Waals surface area contributed by atoms with Gasteiger partial charge in [-0.25, -0.2) is 4.98 Å². The third-order valence-corrected chi connectivity index (χ3v) is 5.61. The Hall–Kier alpha value is -4.39. The number of amides is 2. The Bertz CT molecular complexity index is 1300. The smallest absolute Gasteiger partial charge is 0.243 e. The topological polar surface area (TPSA) is 117 Å². The fourth-order valence-electron chi connectivity index (χ4n) is 3.83. The lowest BCUT2D eigenvalue weighted by atomic mass is 9.98. The largest absolute Gasteiger partial charge is 0.508 e. The van der Waals surface area contributed by atoms with E-state index < -0.39 is 6.04 Å². The number of nitrogens with two attached hydrogens (primary N) is 1. The van der Waals surface area contributed by atoms with Gasteiger partial charge < -0.3 is 21.5 Å². The number of anilines is 1. The number of aromatic nitrogens is 1. The molecule has 7 heteroatoms. The van der Waals surface area contributed by atoms with Crippen LogP contribution in [0.5, 0.6) is 5.75 Å².